The van der Waals surface area contributed by atoms with Crippen LogP contribution >= 0.6 is 11.6 Å². The molecular weight excluding hydrogens is 290 g/mol. The molecule has 5 nitrogen and oxygen atoms in total. The Morgan fingerprint density at radius 2 is 2.14 bits per heavy atom. The molecule has 1 heterocycles. The van der Waals surface area contributed by atoms with E-state index in [-0.39, 0.29) is 0 Å². The summed E-state index contributed by atoms with van der Waals surface area (Å²) in [6, 6.07) is 7.49. The number of carbonyl (C=O) groups is 1. The second-order valence-corrected chi connectivity index (χ2v) is 4.75. The fraction of sp³-hybridized carbons (Fsp3) is 0.267. The van der Waals surface area contributed by atoms with Crippen LogP contribution in [0.3, 0.4) is 0 Å². The van der Waals surface area contributed by atoms with Crippen LogP contribution in [0.4, 0.5) is 5.82 Å². The Hall–Kier alpha value is -2.14. The molecule has 1 aromatic carbocycles. The summed E-state index contributed by atoms with van der Waals surface area (Å²) in [6.45, 7) is 4.28. The molecule has 0 atom stereocenters. The molecule has 0 unspecified atom stereocenters. The normalized spacial score (nSPS) is 10.2. The number of esters is 1. The number of carbonyl (C=O) groups excluding carboxylic acids is 1. The van der Waals surface area contributed by atoms with Crippen LogP contribution < -0.4 is 5.32 Å². The van der Waals surface area contributed by atoms with Crippen LogP contribution in [0.2, 0.25) is 5.02 Å². The number of nitrogens with zero attached hydrogens (tertiary/aromatic N) is 2. The van der Waals surface area contributed by atoms with Crippen LogP contribution in [-0.2, 0) is 11.3 Å². The van der Waals surface area contributed by atoms with E-state index in [1.165, 1.54) is 6.20 Å². The second-order valence-electron chi connectivity index (χ2n) is 4.34. The minimum absolute atomic E-state index is 0.302. The molecule has 110 valence electrons. The van der Waals surface area contributed by atoms with Crippen molar-refractivity contribution >= 4 is 23.4 Å². The van der Waals surface area contributed by atoms with Gasteiger partial charge in [0.15, 0.2) is 0 Å². The van der Waals surface area contributed by atoms with Gasteiger partial charge in [-0.2, -0.15) is 0 Å². The van der Waals surface area contributed by atoms with E-state index in [0.29, 0.717) is 35.4 Å². The van der Waals surface area contributed by atoms with Crippen molar-refractivity contribution in [2.75, 3.05) is 11.9 Å². The van der Waals surface area contributed by atoms with E-state index >= 15 is 0 Å². The molecule has 0 aliphatic rings. The van der Waals surface area contributed by atoms with Crippen molar-refractivity contribution in [3.05, 3.63) is 52.4 Å². The summed E-state index contributed by atoms with van der Waals surface area (Å²) in [5.74, 6) is 0.574. The lowest BCUT2D eigenvalue weighted by Gasteiger charge is -2.11. The van der Waals surface area contributed by atoms with Gasteiger partial charge in [-0.3, -0.25) is 0 Å². The number of nitrogens with one attached hydrogen (secondary N) is 1. The van der Waals surface area contributed by atoms with Gasteiger partial charge in [0.2, 0.25) is 0 Å². The van der Waals surface area contributed by atoms with Crippen molar-refractivity contribution in [1.82, 2.24) is 9.97 Å². The molecule has 2 rings (SSSR count). The van der Waals surface area contributed by atoms with Crippen LogP contribution in [0, 0.1) is 6.92 Å². The molecule has 1 N–H and O–H groups in total. The molecule has 0 bridgehead atoms. The summed E-state index contributed by atoms with van der Waals surface area (Å²) in [5.41, 5.74) is 1.24. The fourth-order valence-corrected chi connectivity index (χ4v) is 1.99. The number of hydrogen-bond acceptors (Lipinski definition) is 5. The Kier molecular flexibility index (Phi) is 5.11. The third-order valence-corrected chi connectivity index (χ3v) is 3.18. The molecule has 0 aliphatic heterocycles. The summed E-state index contributed by atoms with van der Waals surface area (Å²) in [7, 11) is 0. The minimum Gasteiger partial charge on any atom is -0.462 e. The summed E-state index contributed by atoms with van der Waals surface area (Å²) in [4.78, 5) is 20.2. The van der Waals surface area contributed by atoms with Crippen molar-refractivity contribution in [2.45, 2.75) is 20.4 Å². The number of ether oxygens (including phenoxy) is 1. The Labute approximate surface area is 128 Å². The number of rotatable bonds is 5. The van der Waals surface area contributed by atoms with Gasteiger partial charge in [-0.15, -0.1) is 0 Å². The lowest BCUT2D eigenvalue weighted by atomic mass is 10.2. The first-order chi connectivity index (χ1) is 10.1. The molecule has 0 saturated heterocycles. The quantitative estimate of drug-likeness (QED) is 0.859. The largest absolute Gasteiger partial charge is 0.462 e. The Morgan fingerprint density at radius 1 is 1.38 bits per heavy atom. The molecule has 0 aliphatic carbocycles. The number of anilines is 1. The molecule has 1 aromatic heterocycles. The number of aryl methyl sites for hydroxylation is 1. The maximum absolute atomic E-state index is 11.9. The first kappa shape index (κ1) is 15.3. The van der Waals surface area contributed by atoms with E-state index in [2.05, 4.69) is 15.3 Å². The smallest absolute Gasteiger partial charge is 0.343 e. The molecule has 0 saturated carbocycles. The summed E-state index contributed by atoms with van der Waals surface area (Å²) in [5, 5.41) is 3.77. The third kappa shape index (κ3) is 3.92. The third-order valence-electron chi connectivity index (χ3n) is 2.81. The summed E-state index contributed by atoms with van der Waals surface area (Å²) < 4.78 is 5.00. The highest BCUT2D eigenvalue weighted by Gasteiger charge is 2.15. The molecule has 6 heteroatoms. The topological polar surface area (TPSA) is 64.1 Å². The van der Waals surface area contributed by atoms with Gasteiger partial charge in [0.25, 0.3) is 0 Å². The Morgan fingerprint density at radius 3 is 2.86 bits per heavy atom. The Balaban J connectivity index is 2.20. The van der Waals surface area contributed by atoms with Crippen molar-refractivity contribution in [2.24, 2.45) is 0 Å². The predicted molar refractivity (Wildman–Crippen MR) is 81.5 cm³/mol. The van der Waals surface area contributed by atoms with E-state index in [1.807, 2.05) is 24.3 Å². The van der Waals surface area contributed by atoms with Crippen molar-refractivity contribution < 1.29 is 9.53 Å². The van der Waals surface area contributed by atoms with Crippen LogP contribution in [0.1, 0.15) is 28.7 Å². The highest BCUT2D eigenvalue weighted by molar-refractivity contribution is 6.31. The van der Waals surface area contributed by atoms with Gasteiger partial charge in [-0.25, -0.2) is 14.8 Å². The van der Waals surface area contributed by atoms with Gasteiger partial charge in [0.05, 0.1) is 6.61 Å². The summed E-state index contributed by atoms with van der Waals surface area (Å²) in [6.07, 6.45) is 1.47. The van der Waals surface area contributed by atoms with Crippen LogP contribution in [0.15, 0.2) is 30.5 Å². The molecule has 0 radical (unpaired) electrons. The Bertz CT molecular complexity index is 647. The van der Waals surface area contributed by atoms with E-state index < -0.39 is 5.97 Å². The number of halogens is 1. The number of benzene rings is 1. The molecule has 0 amide bonds. The zero-order valence-electron chi connectivity index (χ0n) is 11.9. The molecule has 0 fully saturated rings. The molecular formula is C15H16ClN3O2. The van der Waals surface area contributed by atoms with Gasteiger partial charge < -0.3 is 10.1 Å². The van der Waals surface area contributed by atoms with Crippen molar-refractivity contribution in [3.63, 3.8) is 0 Å². The van der Waals surface area contributed by atoms with E-state index in [9.17, 15) is 4.79 Å². The van der Waals surface area contributed by atoms with E-state index in [4.69, 9.17) is 16.3 Å². The number of hydrogen-bond donors (Lipinski definition) is 1. The van der Waals surface area contributed by atoms with Gasteiger partial charge in [0, 0.05) is 17.8 Å². The second kappa shape index (κ2) is 7.04. The monoisotopic (exact) mass is 305 g/mol. The van der Waals surface area contributed by atoms with Crippen LogP contribution in [0.5, 0.6) is 0 Å². The van der Waals surface area contributed by atoms with Crippen LogP contribution in [0.25, 0.3) is 0 Å². The average molecular weight is 306 g/mol. The molecule has 2 aromatic rings. The standard InChI is InChI=1S/C15H16ClN3O2/c1-3-21-15(20)12-9-17-10(2)19-14(12)18-8-11-6-4-5-7-13(11)16/h4-7,9H,3,8H2,1-2H3,(H,17,18,19). The van der Waals surface area contributed by atoms with Gasteiger partial charge in [-0.05, 0) is 25.5 Å². The highest BCUT2D eigenvalue weighted by atomic mass is 35.5. The lowest BCUT2D eigenvalue weighted by Crippen LogP contribution is -2.13. The zero-order chi connectivity index (χ0) is 15.2. The van der Waals surface area contributed by atoms with E-state index in [1.54, 1.807) is 13.8 Å². The van der Waals surface area contributed by atoms with Crippen molar-refractivity contribution in [1.29, 1.82) is 0 Å². The average Bonchev–Trinajstić information content (AvgIpc) is 2.46. The highest BCUT2D eigenvalue weighted by Crippen LogP contribution is 2.18. The molecule has 21 heavy (non-hydrogen) atoms. The van der Waals surface area contributed by atoms with Gasteiger partial charge in [0.1, 0.15) is 17.2 Å². The first-order valence-electron chi connectivity index (χ1n) is 6.60. The van der Waals surface area contributed by atoms with Gasteiger partial charge in [-0.1, -0.05) is 29.8 Å². The van der Waals surface area contributed by atoms with Crippen molar-refractivity contribution in [3.8, 4) is 0 Å². The van der Waals surface area contributed by atoms with Crippen LogP contribution in [-0.4, -0.2) is 22.5 Å². The number of aromatic nitrogens is 2. The molecule has 0 spiro atoms. The first-order valence-corrected chi connectivity index (χ1v) is 6.97. The van der Waals surface area contributed by atoms with E-state index in [0.717, 1.165) is 5.56 Å². The summed E-state index contributed by atoms with van der Waals surface area (Å²) >= 11 is 6.11. The fourth-order valence-electron chi connectivity index (χ4n) is 1.78. The maximum atomic E-state index is 11.9. The predicted octanol–water partition coefficient (Wildman–Crippen LogP) is 3.23. The zero-order valence-corrected chi connectivity index (χ0v) is 12.6. The SMILES string of the molecule is CCOC(=O)c1cnc(C)nc1NCc1ccccc1Cl. The lowest BCUT2D eigenvalue weighted by molar-refractivity contribution is 0.0526. The minimum atomic E-state index is -0.445. The van der Waals surface area contributed by atoms with Gasteiger partial charge >= 0.3 is 5.97 Å². The maximum Gasteiger partial charge on any atom is 0.343 e.